The Kier molecular flexibility index (Phi) is 9.96. The number of carbonyl (C=O) groups is 2. The van der Waals surface area contributed by atoms with Gasteiger partial charge in [-0.2, -0.15) is 5.10 Å². The van der Waals surface area contributed by atoms with Crippen molar-refractivity contribution in [3.63, 3.8) is 0 Å². The van der Waals surface area contributed by atoms with Gasteiger partial charge in [-0.25, -0.2) is 10.4 Å². The molecule has 2 amide bonds. The number of anilines is 3. The number of nitrogens with zero attached hydrogens (tertiary/aromatic N) is 2. The van der Waals surface area contributed by atoms with Crippen molar-refractivity contribution in [1.29, 1.82) is 0 Å². The van der Waals surface area contributed by atoms with Gasteiger partial charge in [0.05, 0.1) is 18.5 Å². The molecule has 10 heteroatoms. The van der Waals surface area contributed by atoms with Crippen LogP contribution in [0.1, 0.15) is 28.4 Å². The first-order valence-corrected chi connectivity index (χ1v) is 14.8. The van der Waals surface area contributed by atoms with Crippen LogP contribution in [-0.4, -0.2) is 36.2 Å². The molecule has 3 N–H and O–H groups in total. The molecular formula is C34H31N5O4S. The maximum atomic E-state index is 12.7. The molecule has 0 aliphatic rings. The Morgan fingerprint density at radius 1 is 0.886 bits per heavy atom. The number of hydrogen-bond donors (Lipinski definition) is 3. The molecular weight excluding hydrogens is 574 g/mol. The van der Waals surface area contributed by atoms with E-state index in [0.717, 1.165) is 27.6 Å². The quantitative estimate of drug-likeness (QED) is 0.104. The smallest absolute Gasteiger partial charge is 0.271 e. The minimum absolute atomic E-state index is 0.176. The van der Waals surface area contributed by atoms with Crippen molar-refractivity contribution in [2.24, 2.45) is 5.10 Å². The van der Waals surface area contributed by atoms with Crippen molar-refractivity contribution in [3.05, 3.63) is 119 Å². The fourth-order valence-corrected chi connectivity index (χ4v) is 4.93. The number of hydrazone groups is 1. The van der Waals surface area contributed by atoms with Gasteiger partial charge in [-0.15, -0.1) is 11.3 Å². The van der Waals surface area contributed by atoms with Crippen LogP contribution < -0.4 is 25.5 Å². The second kappa shape index (κ2) is 14.6. The number of aryl methyl sites for hydroxylation is 1. The topological polar surface area (TPSA) is 114 Å². The van der Waals surface area contributed by atoms with E-state index in [4.69, 9.17) is 9.47 Å². The molecule has 0 spiro atoms. The zero-order valence-corrected chi connectivity index (χ0v) is 25.1. The maximum absolute atomic E-state index is 12.7. The lowest BCUT2D eigenvalue weighted by Gasteiger charge is -2.13. The Morgan fingerprint density at radius 2 is 1.68 bits per heavy atom. The third-order valence-electron chi connectivity index (χ3n) is 6.28. The molecule has 0 aliphatic heterocycles. The molecule has 0 fully saturated rings. The van der Waals surface area contributed by atoms with Gasteiger partial charge in [0.25, 0.3) is 11.8 Å². The van der Waals surface area contributed by atoms with E-state index >= 15 is 0 Å². The number of thiazole rings is 1. The number of nitrogens with one attached hydrogen (secondary N) is 3. The summed E-state index contributed by atoms with van der Waals surface area (Å²) in [5, 5.41) is 13.0. The number of hydrogen-bond acceptors (Lipinski definition) is 8. The van der Waals surface area contributed by atoms with Crippen LogP contribution in [0.5, 0.6) is 11.5 Å². The molecule has 222 valence electrons. The van der Waals surface area contributed by atoms with Crippen LogP contribution in [0.15, 0.2) is 108 Å². The van der Waals surface area contributed by atoms with E-state index in [1.54, 1.807) is 30.3 Å². The van der Waals surface area contributed by atoms with Crippen LogP contribution in [0.25, 0.3) is 11.3 Å². The van der Waals surface area contributed by atoms with Crippen molar-refractivity contribution < 1.29 is 19.1 Å². The second-order valence-electron chi connectivity index (χ2n) is 9.65. The van der Waals surface area contributed by atoms with Gasteiger partial charge >= 0.3 is 0 Å². The Hall–Kier alpha value is -5.48. The molecule has 0 saturated heterocycles. The third-order valence-corrected chi connectivity index (χ3v) is 7.04. The molecule has 5 aromatic rings. The van der Waals surface area contributed by atoms with Crippen LogP contribution in [-0.2, 0) is 4.79 Å². The zero-order valence-electron chi connectivity index (χ0n) is 24.2. The number of ether oxygens (including phenoxy) is 2. The summed E-state index contributed by atoms with van der Waals surface area (Å²) in [5.41, 5.74) is 8.15. The molecule has 0 unspecified atom stereocenters. The molecule has 0 bridgehead atoms. The summed E-state index contributed by atoms with van der Waals surface area (Å²) in [7, 11) is 0. The Balaban J connectivity index is 1.14. The van der Waals surface area contributed by atoms with Crippen LogP contribution in [0.2, 0.25) is 0 Å². The normalized spacial score (nSPS) is 10.8. The van der Waals surface area contributed by atoms with Gasteiger partial charge in [0, 0.05) is 27.9 Å². The van der Waals surface area contributed by atoms with E-state index in [1.165, 1.54) is 17.6 Å². The number of rotatable bonds is 12. The lowest BCUT2D eigenvalue weighted by Crippen LogP contribution is -2.20. The van der Waals surface area contributed by atoms with Gasteiger partial charge in [-0.3, -0.25) is 9.59 Å². The van der Waals surface area contributed by atoms with Crippen LogP contribution >= 0.6 is 11.3 Å². The lowest BCUT2D eigenvalue weighted by molar-refractivity contribution is -0.118. The van der Waals surface area contributed by atoms with Gasteiger partial charge in [0.15, 0.2) is 23.2 Å². The van der Waals surface area contributed by atoms with E-state index < -0.39 is 0 Å². The zero-order chi connectivity index (χ0) is 30.7. The molecule has 9 nitrogen and oxygen atoms in total. The Morgan fingerprint density at radius 3 is 2.45 bits per heavy atom. The number of aromatic nitrogens is 1. The summed E-state index contributed by atoms with van der Waals surface area (Å²) in [4.78, 5) is 29.7. The second-order valence-corrected chi connectivity index (χ2v) is 10.5. The average Bonchev–Trinajstić information content (AvgIpc) is 3.50. The number of amides is 2. The van der Waals surface area contributed by atoms with E-state index in [0.29, 0.717) is 34.9 Å². The first kappa shape index (κ1) is 30.0. The summed E-state index contributed by atoms with van der Waals surface area (Å²) in [5.74, 6) is 0.263. The molecule has 0 aliphatic carbocycles. The Labute approximate surface area is 259 Å². The SMILES string of the molecule is CCOc1cc(/C=N/NC(=O)c2ccc(-c3csc(Nc4ccccc4)n3)cc2)ccc1OCC(=O)Nc1cccc(C)c1. The van der Waals surface area contributed by atoms with Crippen LogP contribution in [0, 0.1) is 6.92 Å². The number of benzene rings is 4. The average molecular weight is 606 g/mol. The van der Waals surface area contributed by atoms with Gasteiger partial charge < -0.3 is 20.1 Å². The predicted molar refractivity (Wildman–Crippen MR) is 175 cm³/mol. The highest BCUT2D eigenvalue weighted by Gasteiger charge is 2.11. The van der Waals surface area contributed by atoms with Gasteiger partial charge in [0.1, 0.15) is 0 Å². The summed E-state index contributed by atoms with van der Waals surface area (Å²) in [6.07, 6.45) is 1.51. The minimum atomic E-state index is -0.345. The van der Waals surface area contributed by atoms with Crippen LogP contribution in [0.4, 0.5) is 16.5 Å². The first-order valence-electron chi connectivity index (χ1n) is 13.9. The molecule has 0 radical (unpaired) electrons. The summed E-state index contributed by atoms with van der Waals surface area (Å²) in [6, 6.07) is 29.8. The summed E-state index contributed by atoms with van der Waals surface area (Å²) < 4.78 is 11.4. The maximum Gasteiger partial charge on any atom is 0.271 e. The highest BCUT2D eigenvalue weighted by Crippen LogP contribution is 2.29. The fraction of sp³-hybridized carbons (Fsp3) is 0.118. The monoisotopic (exact) mass is 605 g/mol. The van der Waals surface area contributed by atoms with Crippen molar-refractivity contribution in [2.75, 3.05) is 23.8 Å². The van der Waals surface area contributed by atoms with Gasteiger partial charge in [-0.1, -0.05) is 42.5 Å². The van der Waals surface area contributed by atoms with E-state index in [1.807, 2.05) is 86.0 Å². The fourth-order valence-electron chi connectivity index (χ4n) is 4.19. The van der Waals surface area contributed by atoms with Crippen molar-refractivity contribution in [3.8, 4) is 22.8 Å². The lowest BCUT2D eigenvalue weighted by atomic mass is 10.1. The minimum Gasteiger partial charge on any atom is -0.490 e. The number of carbonyl (C=O) groups excluding carboxylic acids is 2. The molecule has 4 aromatic carbocycles. The highest BCUT2D eigenvalue weighted by molar-refractivity contribution is 7.14. The third kappa shape index (κ3) is 8.30. The molecule has 0 saturated carbocycles. The van der Waals surface area contributed by atoms with Crippen LogP contribution in [0.3, 0.4) is 0 Å². The first-order chi connectivity index (χ1) is 21.5. The van der Waals surface area contributed by atoms with E-state index in [-0.39, 0.29) is 18.4 Å². The van der Waals surface area contributed by atoms with E-state index in [2.05, 4.69) is 26.1 Å². The molecule has 1 aromatic heterocycles. The molecule has 44 heavy (non-hydrogen) atoms. The highest BCUT2D eigenvalue weighted by atomic mass is 32.1. The molecule has 1 heterocycles. The summed E-state index contributed by atoms with van der Waals surface area (Å²) in [6.45, 7) is 4.05. The standard InChI is InChI=1S/C34H31N5O4S/c1-3-42-31-19-24(12-17-30(31)43-21-32(40)36-28-11-7-8-23(2)18-28)20-35-39-33(41)26-15-13-25(14-16-26)29-22-44-34(38-29)37-27-9-5-4-6-10-27/h4-20,22H,3,21H2,1-2H3,(H,36,40)(H,37,38)(H,39,41)/b35-20+. The summed E-state index contributed by atoms with van der Waals surface area (Å²) >= 11 is 1.51. The number of para-hydroxylation sites is 1. The molecule has 5 rings (SSSR count). The van der Waals surface area contributed by atoms with Gasteiger partial charge in [0.2, 0.25) is 0 Å². The largest absolute Gasteiger partial charge is 0.490 e. The molecule has 0 atom stereocenters. The van der Waals surface area contributed by atoms with Crippen molar-refractivity contribution >= 4 is 45.9 Å². The van der Waals surface area contributed by atoms with Crippen molar-refractivity contribution in [2.45, 2.75) is 13.8 Å². The van der Waals surface area contributed by atoms with Gasteiger partial charge in [-0.05, 0) is 79.6 Å². The van der Waals surface area contributed by atoms with E-state index in [9.17, 15) is 9.59 Å². The Bertz CT molecular complexity index is 1750. The van der Waals surface area contributed by atoms with Crippen molar-refractivity contribution in [1.82, 2.24) is 10.4 Å². The predicted octanol–water partition coefficient (Wildman–Crippen LogP) is 7.04.